The largest absolute Gasteiger partial charge is 0.388 e. The lowest BCUT2D eigenvalue weighted by Crippen LogP contribution is -1.97. The van der Waals surface area contributed by atoms with Crippen molar-refractivity contribution in [1.29, 1.82) is 0 Å². The molecule has 1 aromatic rings. The first-order chi connectivity index (χ1) is 6.77. The molecular weight excluding hydrogens is 172 g/mol. The highest BCUT2D eigenvalue weighted by Crippen LogP contribution is 2.20. The van der Waals surface area contributed by atoms with Crippen LogP contribution in [0.2, 0.25) is 0 Å². The summed E-state index contributed by atoms with van der Waals surface area (Å²) in [6, 6.07) is 8.26. The lowest BCUT2D eigenvalue weighted by Gasteiger charge is -2.11. The Labute approximate surface area is 86.8 Å². The van der Waals surface area contributed by atoms with Crippen LogP contribution >= 0.6 is 0 Å². The quantitative estimate of drug-likeness (QED) is 0.757. The molecule has 0 heterocycles. The maximum absolute atomic E-state index is 9.87. The second-order valence-corrected chi connectivity index (χ2v) is 3.76. The number of hydrogen-bond donors (Lipinski definition) is 1. The van der Waals surface area contributed by atoms with E-state index in [1.807, 2.05) is 12.1 Å². The summed E-state index contributed by atoms with van der Waals surface area (Å²) in [6.45, 7) is 4.28. The molecule has 0 aliphatic rings. The second kappa shape index (κ2) is 5.82. The van der Waals surface area contributed by atoms with E-state index in [1.54, 1.807) is 0 Å². The molecule has 14 heavy (non-hydrogen) atoms. The molecule has 1 unspecified atom stereocenters. The zero-order valence-electron chi connectivity index (χ0n) is 9.16. The van der Waals surface area contributed by atoms with Gasteiger partial charge in [0, 0.05) is 0 Å². The maximum atomic E-state index is 9.87. The van der Waals surface area contributed by atoms with Gasteiger partial charge in [0.15, 0.2) is 0 Å². The molecule has 0 aliphatic heterocycles. The first kappa shape index (κ1) is 11.3. The minimum atomic E-state index is -0.276. The van der Waals surface area contributed by atoms with Crippen molar-refractivity contribution >= 4 is 0 Å². The molecule has 0 bridgehead atoms. The van der Waals surface area contributed by atoms with Crippen LogP contribution in [-0.4, -0.2) is 5.11 Å². The second-order valence-electron chi connectivity index (χ2n) is 3.76. The first-order valence-electron chi connectivity index (χ1n) is 5.54. The van der Waals surface area contributed by atoms with E-state index in [1.165, 1.54) is 5.56 Å². The van der Waals surface area contributed by atoms with Gasteiger partial charge in [-0.2, -0.15) is 0 Å². The van der Waals surface area contributed by atoms with Gasteiger partial charge < -0.3 is 5.11 Å². The molecule has 1 aromatic carbocycles. The van der Waals surface area contributed by atoms with Crippen molar-refractivity contribution in [2.75, 3.05) is 0 Å². The van der Waals surface area contributed by atoms with Gasteiger partial charge in [0.05, 0.1) is 6.10 Å². The Balaban J connectivity index is 2.64. The van der Waals surface area contributed by atoms with E-state index in [2.05, 4.69) is 26.0 Å². The summed E-state index contributed by atoms with van der Waals surface area (Å²) >= 11 is 0. The van der Waals surface area contributed by atoms with Crippen LogP contribution in [0.25, 0.3) is 0 Å². The Bertz CT molecular complexity index is 268. The summed E-state index contributed by atoms with van der Waals surface area (Å²) in [5, 5.41) is 9.87. The first-order valence-corrected chi connectivity index (χ1v) is 5.54. The van der Waals surface area contributed by atoms with Crippen LogP contribution in [0.5, 0.6) is 0 Å². The fourth-order valence-electron chi connectivity index (χ4n) is 1.58. The minimum Gasteiger partial charge on any atom is -0.388 e. The van der Waals surface area contributed by atoms with Gasteiger partial charge >= 0.3 is 0 Å². The Kier molecular flexibility index (Phi) is 4.68. The molecule has 0 saturated heterocycles. The van der Waals surface area contributed by atoms with Gasteiger partial charge in [-0.25, -0.2) is 0 Å². The van der Waals surface area contributed by atoms with Gasteiger partial charge in [0.1, 0.15) is 0 Å². The molecule has 0 aliphatic carbocycles. The molecule has 1 atom stereocenters. The molecule has 0 fully saturated rings. The van der Waals surface area contributed by atoms with E-state index >= 15 is 0 Å². The Hall–Kier alpha value is -0.820. The Morgan fingerprint density at radius 1 is 1.29 bits per heavy atom. The van der Waals surface area contributed by atoms with Gasteiger partial charge in [-0.15, -0.1) is 0 Å². The molecule has 1 heteroatoms. The van der Waals surface area contributed by atoms with Gasteiger partial charge in [-0.3, -0.25) is 0 Å². The van der Waals surface area contributed by atoms with Gasteiger partial charge in [0.25, 0.3) is 0 Å². The third kappa shape index (κ3) is 3.15. The third-order valence-electron chi connectivity index (χ3n) is 2.58. The average Bonchev–Trinajstić information content (AvgIpc) is 2.26. The van der Waals surface area contributed by atoms with Gasteiger partial charge in [0.2, 0.25) is 0 Å². The molecule has 78 valence electrons. The van der Waals surface area contributed by atoms with Crippen LogP contribution in [-0.2, 0) is 6.42 Å². The van der Waals surface area contributed by atoms with Crippen LogP contribution in [0.1, 0.15) is 50.3 Å². The SMILES string of the molecule is CCCCC(O)c1cccc(CC)c1. The zero-order chi connectivity index (χ0) is 10.4. The van der Waals surface area contributed by atoms with Crippen molar-refractivity contribution in [3.63, 3.8) is 0 Å². The summed E-state index contributed by atoms with van der Waals surface area (Å²) in [5.41, 5.74) is 2.37. The molecule has 0 spiro atoms. The highest BCUT2D eigenvalue weighted by molar-refractivity contribution is 5.25. The standard InChI is InChI=1S/C13H20O/c1-3-5-9-13(14)12-8-6-7-11(4-2)10-12/h6-8,10,13-14H,3-5,9H2,1-2H3. The van der Waals surface area contributed by atoms with E-state index in [9.17, 15) is 5.11 Å². The maximum Gasteiger partial charge on any atom is 0.0790 e. The predicted octanol–water partition coefficient (Wildman–Crippen LogP) is 3.47. The van der Waals surface area contributed by atoms with E-state index in [4.69, 9.17) is 0 Å². The van der Waals surface area contributed by atoms with E-state index in [0.717, 1.165) is 31.2 Å². The zero-order valence-corrected chi connectivity index (χ0v) is 9.16. The molecular formula is C13H20O. The lowest BCUT2D eigenvalue weighted by atomic mass is 10.0. The lowest BCUT2D eigenvalue weighted by molar-refractivity contribution is 0.164. The highest BCUT2D eigenvalue weighted by atomic mass is 16.3. The Morgan fingerprint density at radius 2 is 2.07 bits per heavy atom. The molecule has 0 radical (unpaired) electrons. The number of aliphatic hydroxyl groups excluding tert-OH is 1. The van der Waals surface area contributed by atoms with Crippen molar-refractivity contribution in [2.24, 2.45) is 0 Å². The molecule has 1 rings (SSSR count). The van der Waals surface area contributed by atoms with Crippen molar-refractivity contribution in [3.8, 4) is 0 Å². The number of aliphatic hydroxyl groups is 1. The van der Waals surface area contributed by atoms with Crippen LogP contribution in [0.15, 0.2) is 24.3 Å². The van der Waals surface area contributed by atoms with Gasteiger partial charge in [-0.1, -0.05) is 51.0 Å². The van der Waals surface area contributed by atoms with Crippen molar-refractivity contribution in [3.05, 3.63) is 35.4 Å². The summed E-state index contributed by atoms with van der Waals surface area (Å²) in [6.07, 6.45) is 3.88. The van der Waals surface area contributed by atoms with Crippen LogP contribution in [0, 0.1) is 0 Å². The fraction of sp³-hybridized carbons (Fsp3) is 0.538. The van der Waals surface area contributed by atoms with E-state index in [-0.39, 0.29) is 6.10 Å². The van der Waals surface area contributed by atoms with Crippen molar-refractivity contribution in [2.45, 2.75) is 45.6 Å². The Morgan fingerprint density at radius 3 is 2.71 bits per heavy atom. The van der Waals surface area contributed by atoms with Crippen LogP contribution < -0.4 is 0 Å². The average molecular weight is 192 g/mol. The van der Waals surface area contributed by atoms with Crippen LogP contribution in [0.3, 0.4) is 0 Å². The third-order valence-corrected chi connectivity index (χ3v) is 2.58. The highest BCUT2D eigenvalue weighted by Gasteiger charge is 2.06. The van der Waals surface area contributed by atoms with Crippen molar-refractivity contribution in [1.82, 2.24) is 0 Å². The number of benzene rings is 1. The monoisotopic (exact) mass is 192 g/mol. The summed E-state index contributed by atoms with van der Waals surface area (Å²) in [4.78, 5) is 0. The predicted molar refractivity (Wildman–Crippen MR) is 60.3 cm³/mol. The summed E-state index contributed by atoms with van der Waals surface area (Å²) in [5.74, 6) is 0. The molecule has 1 N–H and O–H groups in total. The summed E-state index contributed by atoms with van der Waals surface area (Å²) in [7, 11) is 0. The smallest absolute Gasteiger partial charge is 0.0790 e. The topological polar surface area (TPSA) is 20.2 Å². The number of hydrogen-bond acceptors (Lipinski definition) is 1. The fourth-order valence-corrected chi connectivity index (χ4v) is 1.58. The molecule has 0 aromatic heterocycles. The summed E-state index contributed by atoms with van der Waals surface area (Å²) < 4.78 is 0. The number of aryl methyl sites for hydroxylation is 1. The molecule has 0 amide bonds. The number of unbranched alkanes of at least 4 members (excludes halogenated alkanes) is 1. The van der Waals surface area contributed by atoms with E-state index in [0.29, 0.717) is 0 Å². The molecule has 1 nitrogen and oxygen atoms in total. The minimum absolute atomic E-state index is 0.276. The van der Waals surface area contributed by atoms with Crippen LogP contribution in [0.4, 0.5) is 0 Å². The van der Waals surface area contributed by atoms with Gasteiger partial charge in [-0.05, 0) is 24.0 Å². The van der Waals surface area contributed by atoms with E-state index < -0.39 is 0 Å². The normalized spacial score (nSPS) is 12.8. The molecule has 0 saturated carbocycles. The number of rotatable bonds is 5. The van der Waals surface area contributed by atoms with Crippen molar-refractivity contribution < 1.29 is 5.11 Å².